The lowest BCUT2D eigenvalue weighted by atomic mass is 9.83. The third-order valence-electron chi connectivity index (χ3n) is 3.73. The number of fused-ring (bicyclic) bond motifs is 1. The second-order valence-corrected chi connectivity index (χ2v) is 5.21. The number of hydrogen-bond donors (Lipinski definition) is 1. The molecule has 0 aliphatic carbocycles. The molecule has 2 aliphatic heterocycles. The SMILES string of the molecule is O=C1NCCC2CCCN(c3cncc(Cl)n3)C12. The molecule has 2 saturated heterocycles. The highest BCUT2D eigenvalue weighted by atomic mass is 35.5. The van der Waals surface area contributed by atoms with Crippen molar-refractivity contribution in [1.29, 1.82) is 0 Å². The van der Waals surface area contributed by atoms with Gasteiger partial charge in [-0.15, -0.1) is 0 Å². The molecule has 3 heterocycles. The van der Waals surface area contributed by atoms with Crippen LogP contribution in [-0.2, 0) is 4.79 Å². The Balaban J connectivity index is 1.92. The van der Waals surface area contributed by atoms with E-state index in [-0.39, 0.29) is 11.9 Å². The van der Waals surface area contributed by atoms with Crippen molar-refractivity contribution in [3.05, 3.63) is 17.5 Å². The minimum Gasteiger partial charge on any atom is -0.354 e. The molecular formula is C12H15ClN4O. The van der Waals surface area contributed by atoms with E-state index < -0.39 is 0 Å². The maximum absolute atomic E-state index is 12.1. The fourth-order valence-corrected chi connectivity index (χ4v) is 3.09. The molecule has 18 heavy (non-hydrogen) atoms. The van der Waals surface area contributed by atoms with Crippen LogP contribution < -0.4 is 10.2 Å². The van der Waals surface area contributed by atoms with Crippen LogP contribution in [0.5, 0.6) is 0 Å². The second-order valence-electron chi connectivity index (χ2n) is 4.82. The van der Waals surface area contributed by atoms with Crippen molar-refractivity contribution in [2.24, 2.45) is 5.92 Å². The van der Waals surface area contributed by atoms with Crippen LogP contribution >= 0.6 is 11.6 Å². The van der Waals surface area contributed by atoms with Gasteiger partial charge in [-0.2, -0.15) is 0 Å². The van der Waals surface area contributed by atoms with Gasteiger partial charge in [-0.1, -0.05) is 11.6 Å². The Bertz CT molecular complexity index is 465. The van der Waals surface area contributed by atoms with Gasteiger partial charge in [0, 0.05) is 13.1 Å². The highest BCUT2D eigenvalue weighted by Crippen LogP contribution is 2.31. The van der Waals surface area contributed by atoms with Crippen LogP contribution in [0.4, 0.5) is 5.82 Å². The van der Waals surface area contributed by atoms with E-state index in [1.165, 1.54) is 6.20 Å². The van der Waals surface area contributed by atoms with Crippen molar-refractivity contribution in [1.82, 2.24) is 15.3 Å². The van der Waals surface area contributed by atoms with Gasteiger partial charge in [0.05, 0.1) is 12.4 Å². The summed E-state index contributed by atoms with van der Waals surface area (Å²) in [6.45, 7) is 1.62. The van der Waals surface area contributed by atoms with Crippen LogP contribution in [0.3, 0.4) is 0 Å². The number of anilines is 1. The number of carbonyl (C=O) groups excluding carboxylic acids is 1. The van der Waals surface area contributed by atoms with Gasteiger partial charge >= 0.3 is 0 Å². The van der Waals surface area contributed by atoms with E-state index in [1.54, 1.807) is 6.20 Å². The lowest BCUT2D eigenvalue weighted by Gasteiger charge is -2.43. The molecule has 6 heteroatoms. The quantitative estimate of drug-likeness (QED) is 0.831. The fraction of sp³-hybridized carbons (Fsp3) is 0.583. The second kappa shape index (κ2) is 4.72. The van der Waals surface area contributed by atoms with Gasteiger partial charge < -0.3 is 10.2 Å². The molecule has 0 aromatic carbocycles. The summed E-state index contributed by atoms with van der Waals surface area (Å²) in [6, 6.07) is -0.111. The van der Waals surface area contributed by atoms with E-state index in [9.17, 15) is 4.79 Å². The zero-order chi connectivity index (χ0) is 12.5. The lowest BCUT2D eigenvalue weighted by Crippen LogP contribution is -2.58. The summed E-state index contributed by atoms with van der Waals surface area (Å²) in [6.07, 6.45) is 6.43. The highest BCUT2D eigenvalue weighted by Gasteiger charge is 2.39. The summed E-state index contributed by atoms with van der Waals surface area (Å²) in [7, 11) is 0. The maximum Gasteiger partial charge on any atom is 0.243 e. The van der Waals surface area contributed by atoms with E-state index in [2.05, 4.69) is 15.3 Å². The number of rotatable bonds is 1. The Labute approximate surface area is 111 Å². The zero-order valence-corrected chi connectivity index (χ0v) is 10.7. The lowest BCUT2D eigenvalue weighted by molar-refractivity contribution is -0.125. The topological polar surface area (TPSA) is 58.1 Å². The smallest absolute Gasteiger partial charge is 0.243 e. The van der Waals surface area contributed by atoms with E-state index in [0.29, 0.717) is 16.9 Å². The molecule has 3 rings (SSSR count). The Hall–Kier alpha value is -1.36. The summed E-state index contributed by atoms with van der Waals surface area (Å²) in [5, 5.41) is 3.30. The molecule has 0 spiro atoms. The molecule has 1 aromatic rings. The van der Waals surface area contributed by atoms with Gasteiger partial charge in [0.25, 0.3) is 0 Å². The molecule has 1 N–H and O–H groups in total. The predicted molar refractivity (Wildman–Crippen MR) is 68.5 cm³/mol. The average molecular weight is 267 g/mol. The standard InChI is InChI=1S/C12H15ClN4O/c13-9-6-14-7-10(16-9)17-5-1-2-8-3-4-15-12(18)11(8)17/h6-8,11H,1-5H2,(H,15,18). The number of carbonyl (C=O) groups is 1. The van der Waals surface area contributed by atoms with Crippen LogP contribution in [0.25, 0.3) is 0 Å². The Morgan fingerprint density at radius 3 is 3.11 bits per heavy atom. The zero-order valence-electron chi connectivity index (χ0n) is 9.97. The molecule has 0 radical (unpaired) electrons. The number of aromatic nitrogens is 2. The van der Waals surface area contributed by atoms with Crippen LogP contribution in [0.2, 0.25) is 5.15 Å². The third kappa shape index (κ3) is 2.03. The number of piperidine rings is 2. The molecular weight excluding hydrogens is 252 g/mol. The first-order valence-corrected chi connectivity index (χ1v) is 6.65. The molecule has 5 nitrogen and oxygen atoms in total. The van der Waals surface area contributed by atoms with Crippen molar-refractivity contribution in [2.45, 2.75) is 25.3 Å². The van der Waals surface area contributed by atoms with Gasteiger partial charge in [-0.05, 0) is 25.2 Å². The van der Waals surface area contributed by atoms with E-state index >= 15 is 0 Å². The fourth-order valence-electron chi connectivity index (χ4n) is 2.95. The Kier molecular flexibility index (Phi) is 3.07. The summed E-state index contributed by atoms with van der Waals surface area (Å²) < 4.78 is 0. The summed E-state index contributed by atoms with van der Waals surface area (Å²) in [4.78, 5) is 22.4. The first kappa shape index (κ1) is 11.7. The van der Waals surface area contributed by atoms with Crippen LogP contribution in [0.15, 0.2) is 12.4 Å². The molecule has 2 unspecified atom stereocenters. The number of nitrogens with one attached hydrogen (secondary N) is 1. The van der Waals surface area contributed by atoms with Gasteiger partial charge in [-0.25, -0.2) is 4.98 Å². The molecule has 96 valence electrons. The molecule has 2 fully saturated rings. The van der Waals surface area contributed by atoms with Crippen molar-refractivity contribution < 1.29 is 4.79 Å². The third-order valence-corrected chi connectivity index (χ3v) is 3.91. The van der Waals surface area contributed by atoms with Gasteiger partial charge in [0.15, 0.2) is 0 Å². The molecule has 2 aliphatic rings. The Morgan fingerprint density at radius 2 is 2.28 bits per heavy atom. The van der Waals surface area contributed by atoms with Gasteiger partial charge in [-0.3, -0.25) is 9.78 Å². The van der Waals surface area contributed by atoms with Crippen LogP contribution in [-0.4, -0.2) is 35.0 Å². The first-order valence-electron chi connectivity index (χ1n) is 6.27. The van der Waals surface area contributed by atoms with E-state index in [0.717, 1.165) is 32.4 Å². The van der Waals surface area contributed by atoms with E-state index in [4.69, 9.17) is 11.6 Å². The van der Waals surface area contributed by atoms with Crippen molar-refractivity contribution in [3.63, 3.8) is 0 Å². The summed E-state index contributed by atoms with van der Waals surface area (Å²) in [5.74, 6) is 1.23. The first-order chi connectivity index (χ1) is 8.75. The number of hydrogen-bond acceptors (Lipinski definition) is 4. The van der Waals surface area contributed by atoms with E-state index in [1.807, 2.05) is 4.90 Å². The maximum atomic E-state index is 12.1. The summed E-state index contributed by atoms with van der Waals surface area (Å²) >= 11 is 5.87. The minimum atomic E-state index is -0.111. The number of nitrogens with zero attached hydrogens (tertiary/aromatic N) is 3. The Morgan fingerprint density at radius 1 is 1.39 bits per heavy atom. The minimum absolute atomic E-state index is 0.104. The average Bonchev–Trinajstić information content (AvgIpc) is 2.38. The largest absolute Gasteiger partial charge is 0.354 e. The molecule has 2 atom stereocenters. The molecule has 1 aromatic heterocycles. The number of halogens is 1. The van der Waals surface area contributed by atoms with Crippen molar-refractivity contribution in [3.8, 4) is 0 Å². The van der Waals surface area contributed by atoms with Crippen molar-refractivity contribution in [2.75, 3.05) is 18.0 Å². The molecule has 0 bridgehead atoms. The molecule has 1 amide bonds. The number of amides is 1. The van der Waals surface area contributed by atoms with Gasteiger partial charge in [0.1, 0.15) is 17.0 Å². The van der Waals surface area contributed by atoms with Crippen molar-refractivity contribution >= 4 is 23.3 Å². The van der Waals surface area contributed by atoms with Crippen LogP contribution in [0.1, 0.15) is 19.3 Å². The van der Waals surface area contributed by atoms with Crippen LogP contribution in [0, 0.1) is 5.92 Å². The molecule has 0 saturated carbocycles. The van der Waals surface area contributed by atoms with Gasteiger partial charge in [0.2, 0.25) is 5.91 Å². The highest BCUT2D eigenvalue weighted by molar-refractivity contribution is 6.29. The predicted octanol–water partition coefficient (Wildman–Crippen LogP) is 1.23. The monoisotopic (exact) mass is 266 g/mol. The summed E-state index contributed by atoms with van der Waals surface area (Å²) in [5.41, 5.74) is 0. The normalized spacial score (nSPS) is 27.6.